The van der Waals surface area contributed by atoms with E-state index in [1.807, 2.05) is 0 Å². The normalized spacial score (nSPS) is 11.8. The van der Waals surface area contributed by atoms with Crippen LogP contribution < -0.4 is 5.73 Å². The molecule has 0 unspecified atom stereocenters. The van der Waals surface area contributed by atoms with Gasteiger partial charge >= 0.3 is 0 Å². The van der Waals surface area contributed by atoms with Crippen molar-refractivity contribution < 1.29 is 8.78 Å². The maximum absolute atomic E-state index is 13.2. The Hall–Kier alpha value is -1.38. The van der Waals surface area contributed by atoms with Crippen LogP contribution in [-0.4, -0.2) is 0 Å². The third kappa shape index (κ3) is 1.69. The zero-order chi connectivity index (χ0) is 10.0. The first-order chi connectivity index (χ1) is 6.07. The Morgan fingerprint density at radius 1 is 1.46 bits per heavy atom. The molecule has 0 atom stereocenters. The van der Waals surface area contributed by atoms with Crippen LogP contribution in [0.25, 0.3) is 5.83 Å². The molecule has 0 aromatic heterocycles. The number of benzene rings is 1. The number of allylic oxidation sites excluding steroid dienone is 1. The molecule has 0 bridgehead atoms. The lowest BCUT2D eigenvalue weighted by molar-refractivity contribution is 0.616. The van der Waals surface area contributed by atoms with Gasteiger partial charge in [-0.2, -0.15) is 0 Å². The van der Waals surface area contributed by atoms with Crippen molar-refractivity contribution in [2.45, 2.75) is 13.8 Å². The summed E-state index contributed by atoms with van der Waals surface area (Å²) in [6.07, 6.45) is 1.26. The van der Waals surface area contributed by atoms with Crippen molar-refractivity contribution in [3.05, 3.63) is 35.2 Å². The summed E-state index contributed by atoms with van der Waals surface area (Å²) in [7, 11) is 0. The van der Waals surface area contributed by atoms with E-state index < -0.39 is 11.6 Å². The third-order valence-corrected chi connectivity index (χ3v) is 1.92. The van der Waals surface area contributed by atoms with E-state index in [1.165, 1.54) is 25.1 Å². The second kappa shape index (κ2) is 3.56. The number of hydrogen-bond donors (Lipinski definition) is 1. The topological polar surface area (TPSA) is 26.0 Å². The van der Waals surface area contributed by atoms with Crippen LogP contribution in [0.4, 0.5) is 14.5 Å². The molecule has 2 N–H and O–H groups in total. The Kier molecular flexibility index (Phi) is 2.66. The zero-order valence-corrected chi connectivity index (χ0v) is 7.57. The van der Waals surface area contributed by atoms with Gasteiger partial charge in [0.1, 0.15) is 11.6 Å². The highest BCUT2D eigenvalue weighted by molar-refractivity contribution is 5.73. The molecule has 1 aromatic carbocycles. The maximum atomic E-state index is 13.2. The molecule has 0 saturated carbocycles. The van der Waals surface area contributed by atoms with Gasteiger partial charge < -0.3 is 5.73 Å². The third-order valence-electron chi connectivity index (χ3n) is 1.92. The highest BCUT2D eigenvalue weighted by Crippen LogP contribution is 2.27. The fraction of sp³-hybridized carbons (Fsp3) is 0.200. The van der Waals surface area contributed by atoms with E-state index in [2.05, 4.69) is 0 Å². The number of anilines is 1. The van der Waals surface area contributed by atoms with Crippen molar-refractivity contribution in [3.63, 3.8) is 0 Å². The molecule has 3 heteroatoms. The molecule has 0 saturated heterocycles. The molecule has 1 rings (SSSR count). The minimum absolute atomic E-state index is 0.155. The van der Waals surface area contributed by atoms with E-state index in [1.54, 1.807) is 6.92 Å². The predicted molar refractivity (Wildman–Crippen MR) is 50.3 cm³/mol. The molecule has 70 valence electrons. The molecular weight excluding hydrogens is 172 g/mol. The van der Waals surface area contributed by atoms with Gasteiger partial charge in [0.15, 0.2) is 0 Å². The van der Waals surface area contributed by atoms with E-state index in [0.717, 1.165) is 0 Å². The molecule has 0 radical (unpaired) electrons. The quantitative estimate of drug-likeness (QED) is 0.665. The van der Waals surface area contributed by atoms with E-state index in [-0.39, 0.29) is 16.8 Å². The average molecular weight is 183 g/mol. The SMILES string of the molecule is C/C=C(/F)c1c(N)ccc(F)c1C. The van der Waals surface area contributed by atoms with Crippen molar-refractivity contribution in [3.8, 4) is 0 Å². The maximum Gasteiger partial charge on any atom is 0.128 e. The fourth-order valence-electron chi connectivity index (χ4n) is 1.17. The van der Waals surface area contributed by atoms with Crippen LogP contribution in [0.5, 0.6) is 0 Å². The Labute approximate surface area is 75.9 Å². The molecule has 0 amide bonds. The first-order valence-corrected chi connectivity index (χ1v) is 3.94. The van der Waals surface area contributed by atoms with Gasteiger partial charge in [0.25, 0.3) is 0 Å². The number of nitrogen functional groups attached to an aromatic ring is 1. The molecule has 0 fully saturated rings. The van der Waals surface area contributed by atoms with Crippen LogP contribution in [0.3, 0.4) is 0 Å². The molecule has 0 heterocycles. The lowest BCUT2D eigenvalue weighted by Crippen LogP contribution is -1.97. The Balaban J connectivity index is 3.42. The van der Waals surface area contributed by atoms with Crippen LogP contribution in [0.2, 0.25) is 0 Å². The largest absolute Gasteiger partial charge is 0.398 e. The first kappa shape index (κ1) is 9.71. The number of rotatable bonds is 1. The van der Waals surface area contributed by atoms with Gasteiger partial charge in [-0.1, -0.05) is 6.08 Å². The summed E-state index contributed by atoms with van der Waals surface area (Å²) in [6, 6.07) is 2.60. The van der Waals surface area contributed by atoms with Crippen LogP contribution in [-0.2, 0) is 0 Å². The van der Waals surface area contributed by atoms with Crippen molar-refractivity contribution in [2.24, 2.45) is 0 Å². The second-order valence-corrected chi connectivity index (χ2v) is 2.77. The van der Waals surface area contributed by atoms with Crippen LogP contribution in [0.1, 0.15) is 18.1 Å². The van der Waals surface area contributed by atoms with Gasteiger partial charge in [0, 0.05) is 11.3 Å². The predicted octanol–water partition coefficient (Wildman–Crippen LogP) is 3.05. The Morgan fingerprint density at radius 2 is 2.08 bits per heavy atom. The van der Waals surface area contributed by atoms with Gasteiger partial charge in [-0.25, -0.2) is 8.78 Å². The lowest BCUT2D eigenvalue weighted by atomic mass is 10.0. The highest BCUT2D eigenvalue weighted by atomic mass is 19.1. The zero-order valence-electron chi connectivity index (χ0n) is 7.57. The summed E-state index contributed by atoms with van der Waals surface area (Å²) in [4.78, 5) is 0. The molecular formula is C10H11F2N. The van der Waals surface area contributed by atoms with Crippen LogP contribution in [0.15, 0.2) is 18.2 Å². The van der Waals surface area contributed by atoms with E-state index >= 15 is 0 Å². The van der Waals surface area contributed by atoms with Crippen molar-refractivity contribution in [2.75, 3.05) is 5.73 Å². The van der Waals surface area contributed by atoms with Crippen LogP contribution in [0, 0.1) is 12.7 Å². The van der Waals surface area contributed by atoms with Gasteiger partial charge in [0.05, 0.1) is 0 Å². The summed E-state index contributed by atoms with van der Waals surface area (Å²) in [5, 5.41) is 0. The Bertz CT molecular complexity index is 356. The van der Waals surface area contributed by atoms with Gasteiger partial charge in [-0.15, -0.1) is 0 Å². The Morgan fingerprint density at radius 3 is 2.62 bits per heavy atom. The van der Waals surface area contributed by atoms with Gasteiger partial charge in [-0.05, 0) is 31.5 Å². The van der Waals surface area contributed by atoms with Gasteiger partial charge in [0.2, 0.25) is 0 Å². The van der Waals surface area contributed by atoms with Crippen molar-refractivity contribution >= 4 is 11.5 Å². The second-order valence-electron chi connectivity index (χ2n) is 2.77. The van der Waals surface area contributed by atoms with E-state index in [4.69, 9.17) is 5.73 Å². The number of halogens is 2. The van der Waals surface area contributed by atoms with E-state index in [0.29, 0.717) is 0 Å². The van der Waals surface area contributed by atoms with Crippen molar-refractivity contribution in [1.82, 2.24) is 0 Å². The standard InChI is InChI=1S/C10H11F2N/c1-3-7(11)10-6(2)8(12)4-5-9(10)13/h3-5H,13H2,1-2H3/b7-3+. The molecule has 0 aliphatic carbocycles. The molecule has 1 aromatic rings. The molecule has 1 nitrogen and oxygen atoms in total. The van der Waals surface area contributed by atoms with E-state index in [9.17, 15) is 8.78 Å². The fourth-order valence-corrected chi connectivity index (χ4v) is 1.17. The lowest BCUT2D eigenvalue weighted by Gasteiger charge is -2.07. The molecule has 0 spiro atoms. The minimum atomic E-state index is -0.491. The first-order valence-electron chi connectivity index (χ1n) is 3.94. The highest BCUT2D eigenvalue weighted by Gasteiger charge is 2.11. The minimum Gasteiger partial charge on any atom is -0.398 e. The molecule has 0 aliphatic rings. The summed E-state index contributed by atoms with van der Waals surface area (Å²) in [5.74, 6) is -0.935. The summed E-state index contributed by atoms with van der Waals surface area (Å²) >= 11 is 0. The number of nitrogens with two attached hydrogens (primary N) is 1. The summed E-state index contributed by atoms with van der Waals surface area (Å²) in [5.41, 5.74) is 6.18. The smallest absolute Gasteiger partial charge is 0.128 e. The number of hydrogen-bond acceptors (Lipinski definition) is 1. The monoisotopic (exact) mass is 183 g/mol. The summed E-state index contributed by atoms with van der Waals surface area (Å²) in [6.45, 7) is 3.04. The molecule has 0 aliphatic heterocycles. The molecule has 13 heavy (non-hydrogen) atoms. The summed E-state index contributed by atoms with van der Waals surface area (Å²) < 4.78 is 26.2. The van der Waals surface area contributed by atoms with Crippen LogP contribution >= 0.6 is 0 Å². The van der Waals surface area contributed by atoms with Gasteiger partial charge in [-0.3, -0.25) is 0 Å². The average Bonchev–Trinajstić information content (AvgIpc) is 2.12. The van der Waals surface area contributed by atoms with Crippen molar-refractivity contribution in [1.29, 1.82) is 0 Å².